The largest absolute Gasteiger partial charge is 0.506 e. The molecular formula is C14H20BrNO2. The van der Waals surface area contributed by atoms with Gasteiger partial charge in [-0.05, 0) is 48.3 Å². The van der Waals surface area contributed by atoms with Gasteiger partial charge >= 0.3 is 0 Å². The van der Waals surface area contributed by atoms with Crippen molar-refractivity contribution in [3.8, 4) is 5.75 Å². The Bertz CT molecular complexity index is 391. The van der Waals surface area contributed by atoms with Crippen LogP contribution in [0.4, 0.5) is 0 Å². The van der Waals surface area contributed by atoms with Gasteiger partial charge in [-0.3, -0.25) is 4.90 Å². The highest BCUT2D eigenvalue weighted by atomic mass is 79.9. The molecule has 1 N–H and O–H groups in total. The molecule has 0 bridgehead atoms. The summed E-state index contributed by atoms with van der Waals surface area (Å²) in [4.78, 5) is 2.21. The molecule has 1 fully saturated rings. The van der Waals surface area contributed by atoms with Crippen molar-refractivity contribution in [2.75, 3.05) is 20.2 Å². The highest BCUT2D eigenvalue weighted by Crippen LogP contribution is 2.28. The Morgan fingerprint density at radius 3 is 3.00 bits per heavy atom. The summed E-state index contributed by atoms with van der Waals surface area (Å²) in [5, 5.41) is 9.95. The number of phenols is 1. The Balaban J connectivity index is 1.90. The van der Waals surface area contributed by atoms with E-state index in [0.717, 1.165) is 36.2 Å². The summed E-state index contributed by atoms with van der Waals surface area (Å²) in [5.41, 5.74) is 0.947. The molecule has 18 heavy (non-hydrogen) atoms. The average Bonchev–Trinajstić information content (AvgIpc) is 2.36. The molecule has 0 aromatic heterocycles. The second kappa shape index (κ2) is 6.55. The summed E-state index contributed by atoms with van der Waals surface area (Å²) < 4.78 is 6.48. The highest BCUT2D eigenvalue weighted by Gasteiger charge is 2.16. The number of aromatic hydroxyl groups is 1. The van der Waals surface area contributed by atoms with E-state index in [0.29, 0.717) is 11.9 Å². The zero-order chi connectivity index (χ0) is 13.0. The minimum Gasteiger partial charge on any atom is -0.506 e. The molecule has 1 heterocycles. The van der Waals surface area contributed by atoms with Crippen LogP contribution in [0.2, 0.25) is 0 Å². The summed E-state index contributed by atoms with van der Waals surface area (Å²) in [6.07, 6.45) is 3.94. The van der Waals surface area contributed by atoms with E-state index in [1.807, 2.05) is 18.2 Å². The molecule has 1 aromatic rings. The van der Waals surface area contributed by atoms with Crippen LogP contribution in [0.1, 0.15) is 24.8 Å². The Hall–Kier alpha value is -0.580. The first-order chi connectivity index (χ1) is 8.66. The summed E-state index contributed by atoms with van der Waals surface area (Å²) in [5.74, 6) is 0.342. The van der Waals surface area contributed by atoms with Crippen LogP contribution < -0.4 is 0 Å². The standard InChI is InChI=1S/C14H20BrNO2/c1-16(10-12-6-2-3-8-18-12)9-11-5-4-7-13(15)14(11)17/h4-5,7,12,17H,2-3,6,8-10H2,1H3. The van der Waals surface area contributed by atoms with Crippen molar-refractivity contribution in [3.05, 3.63) is 28.2 Å². The molecule has 0 aliphatic carbocycles. The van der Waals surface area contributed by atoms with Crippen molar-refractivity contribution in [2.24, 2.45) is 0 Å². The number of hydrogen-bond acceptors (Lipinski definition) is 3. The Morgan fingerprint density at radius 1 is 1.44 bits per heavy atom. The van der Waals surface area contributed by atoms with E-state index in [9.17, 15) is 5.11 Å². The van der Waals surface area contributed by atoms with Crippen LogP contribution in [0.15, 0.2) is 22.7 Å². The third kappa shape index (κ3) is 3.70. The third-order valence-corrected chi connectivity index (χ3v) is 3.94. The van der Waals surface area contributed by atoms with E-state index in [-0.39, 0.29) is 0 Å². The zero-order valence-electron chi connectivity index (χ0n) is 10.7. The Morgan fingerprint density at radius 2 is 2.28 bits per heavy atom. The smallest absolute Gasteiger partial charge is 0.134 e. The number of likely N-dealkylation sites (N-methyl/N-ethyl adjacent to an activating group) is 1. The van der Waals surface area contributed by atoms with Gasteiger partial charge in [-0.1, -0.05) is 12.1 Å². The van der Waals surface area contributed by atoms with Crippen LogP contribution in [-0.2, 0) is 11.3 Å². The maximum atomic E-state index is 9.95. The number of benzene rings is 1. The average molecular weight is 314 g/mol. The van der Waals surface area contributed by atoms with Crippen molar-refractivity contribution in [1.29, 1.82) is 0 Å². The molecule has 0 spiro atoms. The number of phenolic OH excluding ortho intramolecular Hbond substituents is 1. The van der Waals surface area contributed by atoms with Gasteiger partial charge in [-0.15, -0.1) is 0 Å². The van der Waals surface area contributed by atoms with E-state index in [1.165, 1.54) is 12.8 Å². The topological polar surface area (TPSA) is 32.7 Å². The number of hydrogen-bond donors (Lipinski definition) is 1. The highest BCUT2D eigenvalue weighted by molar-refractivity contribution is 9.10. The predicted octanol–water partition coefficient (Wildman–Crippen LogP) is 3.16. The number of ether oxygens (including phenoxy) is 1. The first-order valence-electron chi connectivity index (χ1n) is 6.43. The molecule has 1 saturated heterocycles. The zero-order valence-corrected chi connectivity index (χ0v) is 12.3. The van der Waals surface area contributed by atoms with E-state index in [4.69, 9.17) is 4.74 Å². The van der Waals surface area contributed by atoms with Gasteiger partial charge in [-0.25, -0.2) is 0 Å². The van der Waals surface area contributed by atoms with Crippen LogP contribution in [-0.4, -0.2) is 36.3 Å². The number of para-hydroxylation sites is 1. The summed E-state index contributed by atoms with van der Waals surface area (Å²) >= 11 is 3.34. The molecule has 100 valence electrons. The van der Waals surface area contributed by atoms with Gasteiger partial charge in [0.25, 0.3) is 0 Å². The van der Waals surface area contributed by atoms with Crippen molar-refractivity contribution in [2.45, 2.75) is 31.9 Å². The van der Waals surface area contributed by atoms with Gasteiger partial charge in [0.15, 0.2) is 0 Å². The molecule has 4 heteroatoms. The lowest BCUT2D eigenvalue weighted by Crippen LogP contribution is -2.33. The van der Waals surface area contributed by atoms with Crippen molar-refractivity contribution < 1.29 is 9.84 Å². The molecule has 0 radical (unpaired) electrons. The minimum atomic E-state index is 0.342. The molecule has 1 atom stereocenters. The molecule has 1 aliphatic heterocycles. The van der Waals surface area contributed by atoms with Gasteiger partial charge in [0.1, 0.15) is 5.75 Å². The second-order valence-electron chi connectivity index (χ2n) is 4.93. The number of rotatable bonds is 4. The molecule has 2 rings (SSSR count). The van der Waals surface area contributed by atoms with Crippen molar-refractivity contribution in [3.63, 3.8) is 0 Å². The molecule has 0 saturated carbocycles. The van der Waals surface area contributed by atoms with Crippen LogP contribution in [0.3, 0.4) is 0 Å². The fourth-order valence-corrected chi connectivity index (χ4v) is 2.75. The normalized spacial score (nSPS) is 20.3. The molecule has 1 aliphatic rings. The third-order valence-electron chi connectivity index (χ3n) is 3.30. The molecule has 0 amide bonds. The number of nitrogens with zero attached hydrogens (tertiary/aromatic N) is 1. The minimum absolute atomic E-state index is 0.342. The van der Waals surface area contributed by atoms with E-state index in [2.05, 4.69) is 27.9 Å². The predicted molar refractivity (Wildman–Crippen MR) is 75.7 cm³/mol. The van der Waals surface area contributed by atoms with Gasteiger partial charge in [-0.2, -0.15) is 0 Å². The fourth-order valence-electron chi connectivity index (χ4n) is 2.34. The monoisotopic (exact) mass is 313 g/mol. The Kier molecular flexibility index (Phi) is 5.03. The second-order valence-corrected chi connectivity index (χ2v) is 5.79. The maximum absolute atomic E-state index is 9.95. The first kappa shape index (κ1) is 13.8. The van der Waals surface area contributed by atoms with Crippen LogP contribution in [0.25, 0.3) is 0 Å². The lowest BCUT2D eigenvalue weighted by atomic mass is 10.1. The van der Waals surface area contributed by atoms with Gasteiger partial charge in [0.05, 0.1) is 10.6 Å². The summed E-state index contributed by atoms with van der Waals surface area (Å²) in [6.45, 7) is 2.55. The lowest BCUT2D eigenvalue weighted by Gasteiger charge is -2.27. The van der Waals surface area contributed by atoms with Crippen molar-refractivity contribution >= 4 is 15.9 Å². The fraction of sp³-hybridized carbons (Fsp3) is 0.571. The van der Waals surface area contributed by atoms with Gasteiger partial charge in [0.2, 0.25) is 0 Å². The summed E-state index contributed by atoms with van der Waals surface area (Å²) in [6, 6.07) is 5.76. The molecule has 3 nitrogen and oxygen atoms in total. The Labute approximate surface area is 117 Å². The van der Waals surface area contributed by atoms with Gasteiger partial charge in [0, 0.05) is 25.3 Å². The van der Waals surface area contributed by atoms with Crippen LogP contribution in [0, 0.1) is 0 Å². The van der Waals surface area contributed by atoms with E-state index in [1.54, 1.807) is 0 Å². The number of halogens is 1. The molecular weight excluding hydrogens is 294 g/mol. The first-order valence-corrected chi connectivity index (χ1v) is 7.22. The SMILES string of the molecule is CN(Cc1cccc(Br)c1O)CC1CCCCO1. The van der Waals surface area contributed by atoms with E-state index < -0.39 is 0 Å². The van der Waals surface area contributed by atoms with Crippen LogP contribution >= 0.6 is 15.9 Å². The van der Waals surface area contributed by atoms with Crippen LogP contribution in [0.5, 0.6) is 5.75 Å². The van der Waals surface area contributed by atoms with Crippen molar-refractivity contribution in [1.82, 2.24) is 4.90 Å². The maximum Gasteiger partial charge on any atom is 0.134 e. The molecule has 1 unspecified atom stereocenters. The quantitative estimate of drug-likeness (QED) is 0.927. The lowest BCUT2D eigenvalue weighted by molar-refractivity contribution is -0.00268. The molecule has 1 aromatic carbocycles. The summed E-state index contributed by atoms with van der Waals surface area (Å²) in [7, 11) is 2.07. The van der Waals surface area contributed by atoms with E-state index >= 15 is 0 Å². The van der Waals surface area contributed by atoms with Gasteiger partial charge < -0.3 is 9.84 Å².